The van der Waals surface area contributed by atoms with Gasteiger partial charge in [0.25, 0.3) is 0 Å². The molecule has 0 saturated heterocycles. The zero-order chi connectivity index (χ0) is 12.0. The summed E-state index contributed by atoms with van der Waals surface area (Å²) < 4.78 is 0. The van der Waals surface area contributed by atoms with Gasteiger partial charge in [-0.15, -0.1) is 0 Å². The van der Waals surface area contributed by atoms with Crippen LogP contribution in [0.5, 0.6) is 0 Å². The van der Waals surface area contributed by atoms with E-state index in [1.807, 2.05) is 11.8 Å². The molecule has 1 aliphatic rings. The van der Waals surface area contributed by atoms with Gasteiger partial charge in [0.05, 0.1) is 6.42 Å². The lowest BCUT2D eigenvalue weighted by atomic mass is 9.95. The van der Waals surface area contributed by atoms with Gasteiger partial charge in [-0.05, 0) is 25.5 Å². The Hall–Kier alpha value is -0.710. The minimum Gasteiger partial charge on any atom is -0.481 e. The Balaban J connectivity index is 2.25. The van der Waals surface area contributed by atoms with Crippen LogP contribution in [-0.2, 0) is 9.59 Å². The maximum atomic E-state index is 11.4. The maximum absolute atomic E-state index is 11.4. The summed E-state index contributed by atoms with van der Waals surface area (Å²) in [4.78, 5) is 21.7. The normalized spacial score (nSPS) is 25.1. The Morgan fingerprint density at radius 3 is 2.75 bits per heavy atom. The van der Waals surface area contributed by atoms with E-state index in [1.54, 1.807) is 0 Å². The summed E-state index contributed by atoms with van der Waals surface area (Å²) >= 11 is 1.85. The molecular weight excluding hydrogens is 226 g/mol. The highest BCUT2D eigenvalue weighted by atomic mass is 32.2. The molecule has 0 heterocycles. The van der Waals surface area contributed by atoms with Crippen LogP contribution < -0.4 is 5.32 Å². The molecule has 2 atom stereocenters. The van der Waals surface area contributed by atoms with E-state index in [2.05, 4.69) is 11.6 Å². The lowest BCUT2D eigenvalue weighted by Gasteiger charge is -2.28. The van der Waals surface area contributed by atoms with Crippen molar-refractivity contribution in [1.29, 1.82) is 0 Å². The molecule has 16 heavy (non-hydrogen) atoms. The number of carboxylic acids is 1. The molecular formula is C11H19NO3S. The zero-order valence-electron chi connectivity index (χ0n) is 9.57. The number of aliphatic carboxylic acids is 1. The molecule has 0 aliphatic heterocycles. The molecule has 0 bridgehead atoms. The third-order valence-electron chi connectivity index (χ3n) is 2.89. The fraction of sp³-hybridized carbons (Fsp3) is 0.818. The predicted molar refractivity (Wildman–Crippen MR) is 64.6 cm³/mol. The van der Waals surface area contributed by atoms with Crippen molar-refractivity contribution in [2.75, 3.05) is 6.26 Å². The third-order valence-corrected chi connectivity index (χ3v) is 3.99. The van der Waals surface area contributed by atoms with Gasteiger partial charge < -0.3 is 10.4 Å². The fourth-order valence-corrected chi connectivity index (χ4v) is 2.84. The topological polar surface area (TPSA) is 66.4 Å². The van der Waals surface area contributed by atoms with E-state index in [0.717, 1.165) is 19.3 Å². The molecule has 1 amide bonds. The van der Waals surface area contributed by atoms with E-state index in [-0.39, 0.29) is 24.8 Å². The molecule has 0 spiro atoms. The number of carbonyl (C=O) groups excluding carboxylic acids is 1. The molecule has 0 radical (unpaired) electrons. The molecule has 1 rings (SSSR count). The average molecular weight is 245 g/mol. The second-order valence-electron chi connectivity index (χ2n) is 4.18. The molecule has 2 N–H and O–H groups in total. The van der Waals surface area contributed by atoms with E-state index in [9.17, 15) is 9.59 Å². The lowest BCUT2D eigenvalue weighted by molar-refractivity contribution is -0.139. The second kappa shape index (κ2) is 6.78. The quantitative estimate of drug-likeness (QED) is 0.772. The molecule has 1 aliphatic carbocycles. The maximum Gasteiger partial charge on any atom is 0.303 e. The number of rotatable bonds is 5. The standard InChI is InChI=1S/C11H19NO3S/c1-16-9-4-2-3-8(7-9)12-10(13)5-6-11(14)15/h8-9H,2-7H2,1H3,(H,12,13)(H,14,15). The number of hydrogen-bond donors (Lipinski definition) is 2. The van der Waals surface area contributed by atoms with Crippen molar-refractivity contribution >= 4 is 23.6 Å². The summed E-state index contributed by atoms with van der Waals surface area (Å²) in [5, 5.41) is 12.0. The number of carboxylic acid groups (broad SMARTS) is 1. The number of nitrogens with one attached hydrogen (secondary N) is 1. The van der Waals surface area contributed by atoms with Gasteiger partial charge in [-0.1, -0.05) is 6.42 Å². The van der Waals surface area contributed by atoms with E-state index in [1.165, 1.54) is 6.42 Å². The summed E-state index contributed by atoms with van der Waals surface area (Å²) in [7, 11) is 0. The van der Waals surface area contributed by atoms with Crippen molar-refractivity contribution in [2.24, 2.45) is 0 Å². The van der Waals surface area contributed by atoms with Crippen LogP contribution in [0.2, 0.25) is 0 Å². The molecule has 92 valence electrons. The van der Waals surface area contributed by atoms with Crippen LogP contribution >= 0.6 is 11.8 Å². The van der Waals surface area contributed by atoms with Gasteiger partial charge in [0.2, 0.25) is 5.91 Å². The van der Waals surface area contributed by atoms with Crippen LogP contribution in [0, 0.1) is 0 Å². The first-order valence-electron chi connectivity index (χ1n) is 5.65. The fourth-order valence-electron chi connectivity index (χ4n) is 2.01. The Labute approximate surface area is 100 Å². The molecule has 0 aromatic rings. The van der Waals surface area contributed by atoms with Crippen LogP contribution in [0.15, 0.2) is 0 Å². The summed E-state index contributed by atoms with van der Waals surface area (Å²) in [6, 6.07) is 0.243. The van der Waals surface area contributed by atoms with E-state index in [4.69, 9.17) is 5.11 Å². The van der Waals surface area contributed by atoms with Gasteiger partial charge in [0.1, 0.15) is 0 Å². The summed E-state index contributed by atoms with van der Waals surface area (Å²) in [5.74, 6) is -1.05. The van der Waals surface area contributed by atoms with Crippen LogP contribution in [0.4, 0.5) is 0 Å². The summed E-state index contributed by atoms with van der Waals surface area (Å²) in [5.41, 5.74) is 0. The van der Waals surface area contributed by atoms with Gasteiger partial charge in [-0.25, -0.2) is 0 Å². The highest BCUT2D eigenvalue weighted by molar-refractivity contribution is 7.99. The second-order valence-corrected chi connectivity index (χ2v) is 5.32. The van der Waals surface area contributed by atoms with Crippen molar-refractivity contribution in [1.82, 2.24) is 5.32 Å². The minimum atomic E-state index is -0.916. The number of hydrogen-bond acceptors (Lipinski definition) is 3. The third kappa shape index (κ3) is 4.88. The molecule has 2 unspecified atom stereocenters. The van der Waals surface area contributed by atoms with Crippen molar-refractivity contribution in [3.8, 4) is 0 Å². The highest BCUT2D eigenvalue weighted by Gasteiger charge is 2.22. The van der Waals surface area contributed by atoms with Gasteiger partial charge in [-0.2, -0.15) is 11.8 Å². The molecule has 0 aromatic carbocycles. The molecule has 4 nitrogen and oxygen atoms in total. The average Bonchev–Trinajstić information content (AvgIpc) is 2.26. The zero-order valence-corrected chi connectivity index (χ0v) is 10.4. The van der Waals surface area contributed by atoms with Crippen LogP contribution in [0.1, 0.15) is 38.5 Å². The minimum absolute atomic E-state index is 0.0789. The van der Waals surface area contributed by atoms with E-state index in [0.29, 0.717) is 5.25 Å². The van der Waals surface area contributed by atoms with Gasteiger partial charge >= 0.3 is 5.97 Å². The molecule has 5 heteroatoms. The highest BCUT2D eigenvalue weighted by Crippen LogP contribution is 2.26. The van der Waals surface area contributed by atoms with Gasteiger partial charge in [0, 0.05) is 17.7 Å². The molecule has 0 aromatic heterocycles. The Morgan fingerprint density at radius 1 is 1.38 bits per heavy atom. The van der Waals surface area contributed by atoms with Crippen molar-refractivity contribution in [3.05, 3.63) is 0 Å². The smallest absolute Gasteiger partial charge is 0.303 e. The van der Waals surface area contributed by atoms with Crippen LogP contribution in [0.3, 0.4) is 0 Å². The van der Waals surface area contributed by atoms with Crippen molar-refractivity contribution in [2.45, 2.75) is 49.8 Å². The summed E-state index contributed by atoms with van der Waals surface area (Å²) in [6.45, 7) is 0. The Bertz CT molecular complexity index is 258. The molecule has 1 fully saturated rings. The first kappa shape index (κ1) is 13.4. The first-order chi connectivity index (χ1) is 7.61. The number of carbonyl (C=O) groups is 2. The largest absolute Gasteiger partial charge is 0.481 e. The predicted octanol–water partition coefficient (Wildman–Crippen LogP) is 1.64. The lowest BCUT2D eigenvalue weighted by Crippen LogP contribution is -2.39. The molecule has 1 saturated carbocycles. The van der Waals surface area contributed by atoms with E-state index >= 15 is 0 Å². The number of amides is 1. The van der Waals surface area contributed by atoms with Gasteiger partial charge in [-0.3, -0.25) is 9.59 Å². The summed E-state index contributed by atoms with van der Waals surface area (Å²) in [6.07, 6.45) is 6.52. The van der Waals surface area contributed by atoms with E-state index < -0.39 is 5.97 Å². The van der Waals surface area contributed by atoms with Crippen LogP contribution in [0.25, 0.3) is 0 Å². The Morgan fingerprint density at radius 2 is 2.12 bits per heavy atom. The number of thioether (sulfide) groups is 1. The SMILES string of the molecule is CSC1CCCC(NC(=O)CCC(=O)O)C1. The van der Waals surface area contributed by atoms with Crippen molar-refractivity contribution < 1.29 is 14.7 Å². The van der Waals surface area contributed by atoms with Crippen molar-refractivity contribution in [3.63, 3.8) is 0 Å². The monoisotopic (exact) mass is 245 g/mol. The first-order valence-corrected chi connectivity index (χ1v) is 6.94. The Kier molecular flexibility index (Phi) is 5.66. The van der Waals surface area contributed by atoms with Crippen LogP contribution in [-0.4, -0.2) is 34.5 Å². The van der Waals surface area contributed by atoms with Gasteiger partial charge in [0.15, 0.2) is 0 Å².